The molecule has 0 saturated carbocycles. The van der Waals surface area contributed by atoms with Crippen molar-refractivity contribution in [2.75, 3.05) is 19.6 Å². The fourth-order valence-corrected chi connectivity index (χ4v) is 3.29. The average Bonchev–Trinajstić information content (AvgIpc) is 2.47. The molecule has 1 aliphatic heterocycles. The van der Waals surface area contributed by atoms with Crippen molar-refractivity contribution in [2.24, 2.45) is 5.92 Å². The smallest absolute Gasteiger partial charge is 0.0406 e. The Balaban J connectivity index is 1.89. The Morgan fingerprint density at radius 2 is 2.00 bits per heavy atom. The monoisotopic (exact) mass is 294 g/mol. The number of hydrogen-bond donors (Lipinski definition) is 1. The van der Waals surface area contributed by atoms with Gasteiger partial charge in [0.25, 0.3) is 0 Å². The number of hydrogen-bond acceptors (Lipinski definition) is 2. The standard InChI is InChI=1S/C17H27ClN2/c1-4-20-11-5-6-16(12-20)14(3)19-13(2)15-7-9-17(18)10-8-15/h7-10,13-14,16,19H,4-6,11-12H2,1-3H3. The molecule has 3 heteroatoms. The quantitative estimate of drug-likeness (QED) is 0.879. The van der Waals surface area contributed by atoms with Gasteiger partial charge in [0.15, 0.2) is 0 Å². The van der Waals surface area contributed by atoms with Gasteiger partial charge < -0.3 is 10.2 Å². The van der Waals surface area contributed by atoms with Crippen LogP contribution in [-0.2, 0) is 0 Å². The molecule has 1 aromatic carbocycles. The highest BCUT2D eigenvalue weighted by Crippen LogP contribution is 2.22. The van der Waals surface area contributed by atoms with Gasteiger partial charge in [0.1, 0.15) is 0 Å². The van der Waals surface area contributed by atoms with E-state index in [-0.39, 0.29) is 0 Å². The third kappa shape index (κ3) is 4.21. The first-order chi connectivity index (χ1) is 9.60. The molecule has 0 aromatic heterocycles. The summed E-state index contributed by atoms with van der Waals surface area (Å²) < 4.78 is 0. The first kappa shape index (κ1) is 15.8. The van der Waals surface area contributed by atoms with Crippen LogP contribution in [0.15, 0.2) is 24.3 Å². The van der Waals surface area contributed by atoms with Gasteiger partial charge >= 0.3 is 0 Å². The maximum Gasteiger partial charge on any atom is 0.0406 e. The molecule has 2 nitrogen and oxygen atoms in total. The lowest BCUT2D eigenvalue weighted by molar-refractivity contribution is 0.153. The molecule has 1 N–H and O–H groups in total. The minimum Gasteiger partial charge on any atom is -0.307 e. The number of benzene rings is 1. The van der Waals surface area contributed by atoms with Gasteiger partial charge in [-0.15, -0.1) is 0 Å². The number of halogens is 1. The summed E-state index contributed by atoms with van der Waals surface area (Å²) in [5.41, 5.74) is 1.31. The van der Waals surface area contributed by atoms with Gasteiger partial charge in [-0.05, 0) is 63.4 Å². The van der Waals surface area contributed by atoms with Crippen LogP contribution in [0.5, 0.6) is 0 Å². The van der Waals surface area contributed by atoms with Crippen LogP contribution in [0.3, 0.4) is 0 Å². The summed E-state index contributed by atoms with van der Waals surface area (Å²) in [6.45, 7) is 10.5. The molecule has 0 spiro atoms. The van der Waals surface area contributed by atoms with Crippen molar-refractivity contribution in [1.82, 2.24) is 10.2 Å². The number of piperidine rings is 1. The highest BCUT2D eigenvalue weighted by atomic mass is 35.5. The molecular weight excluding hydrogens is 268 g/mol. The molecular formula is C17H27ClN2. The summed E-state index contributed by atoms with van der Waals surface area (Å²) in [6, 6.07) is 9.10. The molecule has 3 atom stereocenters. The SMILES string of the molecule is CCN1CCCC(C(C)NC(C)c2ccc(Cl)cc2)C1. The Labute approximate surface area is 128 Å². The second-order valence-electron chi connectivity index (χ2n) is 6.02. The Bertz CT molecular complexity index is 404. The molecule has 1 saturated heterocycles. The molecule has 0 aliphatic carbocycles. The molecule has 20 heavy (non-hydrogen) atoms. The summed E-state index contributed by atoms with van der Waals surface area (Å²) in [5, 5.41) is 4.57. The molecule has 0 radical (unpaired) electrons. The van der Waals surface area contributed by atoms with Crippen molar-refractivity contribution in [3.05, 3.63) is 34.9 Å². The van der Waals surface area contributed by atoms with Crippen molar-refractivity contribution in [3.63, 3.8) is 0 Å². The zero-order valence-electron chi connectivity index (χ0n) is 12.9. The summed E-state index contributed by atoms with van der Waals surface area (Å²) >= 11 is 5.95. The first-order valence-electron chi connectivity index (χ1n) is 7.84. The molecule has 1 fully saturated rings. The first-order valence-corrected chi connectivity index (χ1v) is 8.21. The van der Waals surface area contributed by atoms with Crippen molar-refractivity contribution in [1.29, 1.82) is 0 Å². The zero-order valence-corrected chi connectivity index (χ0v) is 13.7. The molecule has 1 heterocycles. The van der Waals surface area contributed by atoms with Crippen molar-refractivity contribution in [2.45, 2.75) is 45.7 Å². The predicted molar refractivity (Wildman–Crippen MR) is 87.3 cm³/mol. The van der Waals surface area contributed by atoms with Crippen LogP contribution in [0.2, 0.25) is 5.02 Å². The van der Waals surface area contributed by atoms with Gasteiger partial charge in [0.05, 0.1) is 0 Å². The highest BCUT2D eigenvalue weighted by molar-refractivity contribution is 6.30. The van der Waals surface area contributed by atoms with Crippen molar-refractivity contribution >= 4 is 11.6 Å². The Morgan fingerprint density at radius 1 is 1.30 bits per heavy atom. The summed E-state index contributed by atoms with van der Waals surface area (Å²) in [7, 11) is 0. The Hall–Kier alpha value is -0.570. The van der Waals surface area contributed by atoms with E-state index in [0.717, 1.165) is 10.9 Å². The average molecular weight is 295 g/mol. The van der Waals surface area contributed by atoms with E-state index in [1.807, 2.05) is 12.1 Å². The van der Waals surface area contributed by atoms with E-state index in [4.69, 9.17) is 11.6 Å². The van der Waals surface area contributed by atoms with Crippen LogP contribution < -0.4 is 5.32 Å². The lowest BCUT2D eigenvalue weighted by Gasteiger charge is -2.36. The van der Waals surface area contributed by atoms with E-state index in [9.17, 15) is 0 Å². The molecule has 1 aliphatic rings. The summed E-state index contributed by atoms with van der Waals surface area (Å²) in [5.74, 6) is 0.762. The second-order valence-corrected chi connectivity index (χ2v) is 6.46. The van der Waals surface area contributed by atoms with E-state index in [2.05, 4.69) is 43.1 Å². The van der Waals surface area contributed by atoms with Gasteiger partial charge in [-0.1, -0.05) is 30.7 Å². The summed E-state index contributed by atoms with van der Waals surface area (Å²) in [6.07, 6.45) is 2.68. The van der Waals surface area contributed by atoms with Crippen LogP contribution in [0, 0.1) is 5.92 Å². The number of likely N-dealkylation sites (tertiary alicyclic amines) is 1. The van der Waals surface area contributed by atoms with E-state index in [0.29, 0.717) is 12.1 Å². The number of rotatable bonds is 5. The van der Waals surface area contributed by atoms with E-state index < -0.39 is 0 Å². The maximum absolute atomic E-state index is 5.95. The van der Waals surface area contributed by atoms with Gasteiger partial charge in [-0.2, -0.15) is 0 Å². The van der Waals surface area contributed by atoms with E-state index in [1.54, 1.807) is 0 Å². The lowest BCUT2D eigenvalue weighted by atomic mass is 9.90. The van der Waals surface area contributed by atoms with Crippen LogP contribution in [0.4, 0.5) is 0 Å². The van der Waals surface area contributed by atoms with Crippen LogP contribution >= 0.6 is 11.6 Å². The number of nitrogens with one attached hydrogen (secondary N) is 1. The van der Waals surface area contributed by atoms with Crippen LogP contribution in [0.25, 0.3) is 0 Å². The van der Waals surface area contributed by atoms with Crippen LogP contribution in [-0.4, -0.2) is 30.6 Å². The second kappa shape index (κ2) is 7.44. The van der Waals surface area contributed by atoms with Gasteiger partial charge in [0.2, 0.25) is 0 Å². The van der Waals surface area contributed by atoms with Crippen LogP contribution in [0.1, 0.15) is 45.2 Å². The van der Waals surface area contributed by atoms with E-state index in [1.165, 1.54) is 38.0 Å². The van der Waals surface area contributed by atoms with Crippen molar-refractivity contribution < 1.29 is 0 Å². The van der Waals surface area contributed by atoms with Gasteiger partial charge in [-0.25, -0.2) is 0 Å². The van der Waals surface area contributed by atoms with Crippen molar-refractivity contribution in [3.8, 4) is 0 Å². The number of nitrogens with zero attached hydrogens (tertiary/aromatic N) is 1. The third-order valence-electron chi connectivity index (χ3n) is 4.58. The minimum atomic E-state index is 0.374. The third-order valence-corrected chi connectivity index (χ3v) is 4.83. The minimum absolute atomic E-state index is 0.374. The summed E-state index contributed by atoms with van der Waals surface area (Å²) in [4.78, 5) is 2.57. The zero-order chi connectivity index (χ0) is 14.5. The van der Waals surface area contributed by atoms with E-state index >= 15 is 0 Å². The molecule has 112 valence electrons. The Morgan fingerprint density at radius 3 is 2.65 bits per heavy atom. The van der Waals surface area contributed by atoms with Gasteiger partial charge in [-0.3, -0.25) is 0 Å². The fraction of sp³-hybridized carbons (Fsp3) is 0.647. The van der Waals surface area contributed by atoms with Gasteiger partial charge in [0, 0.05) is 23.7 Å². The fourth-order valence-electron chi connectivity index (χ4n) is 3.16. The molecule has 1 aromatic rings. The topological polar surface area (TPSA) is 15.3 Å². The lowest BCUT2D eigenvalue weighted by Crippen LogP contribution is -2.44. The maximum atomic E-state index is 5.95. The predicted octanol–water partition coefficient (Wildman–Crippen LogP) is 4.11. The normalized spacial score (nSPS) is 23.5. The molecule has 2 rings (SSSR count). The molecule has 0 bridgehead atoms. The molecule has 0 amide bonds. The Kier molecular flexibility index (Phi) is 5.88. The highest BCUT2D eigenvalue weighted by Gasteiger charge is 2.24. The largest absolute Gasteiger partial charge is 0.307 e. The molecule has 3 unspecified atom stereocenters.